The van der Waals surface area contributed by atoms with Gasteiger partial charge in [0.2, 0.25) is 0 Å². The lowest BCUT2D eigenvalue weighted by Crippen LogP contribution is -2.43. The van der Waals surface area contributed by atoms with Crippen molar-refractivity contribution in [3.05, 3.63) is 11.1 Å². The Morgan fingerprint density at radius 2 is 1.90 bits per heavy atom. The van der Waals surface area contributed by atoms with Crippen molar-refractivity contribution in [3.63, 3.8) is 0 Å². The highest BCUT2D eigenvalue weighted by atomic mass is 16.5. The minimum Gasteiger partial charge on any atom is -0.384 e. The lowest BCUT2D eigenvalue weighted by atomic mass is 9.51. The van der Waals surface area contributed by atoms with Crippen molar-refractivity contribution in [2.45, 2.75) is 66.7 Å². The normalized spacial score (nSPS) is 39.0. The zero-order valence-electron chi connectivity index (χ0n) is 14.3. The fourth-order valence-electron chi connectivity index (χ4n) is 6.04. The van der Waals surface area contributed by atoms with Crippen molar-refractivity contribution in [3.8, 4) is 0 Å². The number of hydrogen-bond acceptors (Lipinski definition) is 1. The van der Waals surface area contributed by atoms with Crippen LogP contribution in [0.3, 0.4) is 0 Å². The summed E-state index contributed by atoms with van der Waals surface area (Å²) in [5, 5.41) is 0. The first kappa shape index (κ1) is 14.6. The molecule has 0 aromatic heterocycles. The van der Waals surface area contributed by atoms with E-state index < -0.39 is 0 Å². The van der Waals surface area contributed by atoms with Gasteiger partial charge in [0.25, 0.3) is 0 Å². The van der Waals surface area contributed by atoms with Crippen molar-refractivity contribution in [2.24, 2.45) is 28.1 Å². The van der Waals surface area contributed by atoms with Gasteiger partial charge >= 0.3 is 0 Å². The van der Waals surface area contributed by atoms with Crippen LogP contribution in [0.5, 0.6) is 0 Å². The second-order valence-corrected chi connectivity index (χ2v) is 8.88. The molecule has 0 aliphatic heterocycles. The molecule has 0 N–H and O–H groups in total. The first-order valence-corrected chi connectivity index (χ1v) is 8.49. The van der Waals surface area contributed by atoms with Crippen molar-refractivity contribution in [1.82, 2.24) is 0 Å². The van der Waals surface area contributed by atoms with Gasteiger partial charge in [-0.25, -0.2) is 0 Å². The molecule has 0 amide bonds. The molecule has 2 saturated carbocycles. The molecular formula is C19H32O. The first-order chi connectivity index (χ1) is 9.26. The Bertz CT molecular complexity index is 443. The first-order valence-electron chi connectivity index (χ1n) is 8.49. The maximum absolute atomic E-state index is 5.47. The smallest absolute Gasteiger partial charge is 0.0525 e. The zero-order valence-corrected chi connectivity index (χ0v) is 14.3. The largest absolute Gasteiger partial charge is 0.384 e. The summed E-state index contributed by atoms with van der Waals surface area (Å²) in [7, 11) is 1.84. The predicted molar refractivity (Wildman–Crippen MR) is 84.6 cm³/mol. The van der Waals surface area contributed by atoms with Crippen molar-refractivity contribution >= 4 is 0 Å². The fraction of sp³-hybridized carbons (Fsp3) is 0.895. The number of fused-ring (bicyclic) bond motifs is 1. The van der Waals surface area contributed by atoms with Gasteiger partial charge in [-0.15, -0.1) is 0 Å². The van der Waals surface area contributed by atoms with Crippen LogP contribution < -0.4 is 0 Å². The molecule has 0 heterocycles. The zero-order chi connectivity index (χ0) is 14.8. The highest BCUT2D eigenvalue weighted by Gasteiger charge is 2.65. The van der Waals surface area contributed by atoms with E-state index in [9.17, 15) is 0 Å². The molecular weight excluding hydrogens is 244 g/mol. The van der Waals surface area contributed by atoms with Crippen LogP contribution in [0.4, 0.5) is 0 Å². The van der Waals surface area contributed by atoms with E-state index in [0.29, 0.717) is 22.2 Å². The van der Waals surface area contributed by atoms with Crippen LogP contribution in [-0.4, -0.2) is 13.7 Å². The molecule has 0 aromatic rings. The van der Waals surface area contributed by atoms with Crippen LogP contribution in [-0.2, 0) is 4.74 Å². The van der Waals surface area contributed by atoms with E-state index in [1.165, 1.54) is 32.1 Å². The Morgan fingerprint density at radius 1 is 1.20 bits per heavy atom. The Kier molecular flexibility index (Phi) is 3.18. The topological polar surface area (TPSA) is 9.23 Å². The lowest BCUT2D eigenvalue weighted by Gasteiger charge is -2.53. The third-order valence-electron chi connectivity index (χ3n) is 7.31. The van der Waals surface area contributed by atoms with Crippen LogP contribution in [0.15, 0.2) is 11.1 Å². The molecule has 3 atom stereocenters. The van der Waals surface area contributed by atoms with Gasteiger partial charge in [0.1, 0.15) is 0 Å². The number of rotatable bonds is 3. The third-order valence-corrected chi connectivity index (χ3v) is 7.31. The molecule has 0 unspecified atom stereocenters. The highest BCUT2D eigenvalue weighted by molar-refractivity contribution is 5.41. The van der Waals surface area contributed by atoms with Crippen molar-refractivity contribution in [1.29, 1.82) is 0 Å². The van der Waals surface area contributed by atoms with E-state index in [4.69, 9.17) is 4.74 Å². The number of hydrogen-bond donors (Lipinski definition) is 0. The summed E-state index contributed by atoms with van der Waals surface area (Å²) < 4.78 is 5.47. The number of methoxy groups -OCH3 is 1. The second-order valence-electron chi connectivity index (χ2n) is 8.88. The van der Waals surface area contributed by atoms with Gasteiger partial charge in [-0.3, -0.25) is 0 Å². The Labute approximate surface area is 125 Å². The van der Waals surface area contributed by atoms with Crippen LogP contribution in [0, 0.1) is 28.1 Å². The Morgan fingerprint density at radius 3 is 2.55 bits per heavy atom. The molecule has 1 spiro atoms. The molecule has 2 fully saturated rings. The molecule has 1 heteroatoms. The number of ether oxygens (including phenoxy) is 1. The lowest BCUT2D eigenvalue weighted by molar-refractivity contribution is 0.0778. The van der Waals surface area contributed by atoms with Crippen LogP contribution >= 0.6 is 0 Å². The highest BCUT2D eigenvalue weighted by Crippen LogP contribution is 2.75. The van der Waals surface area contributed by atoms with Gasteiger partial charge in [0, 0.05) is 13.0 Å². The van der Waals surface area contributed by atoms with E-state index in [1.54, 1.807) is 5.57 Å². The molecule has 1 nitrogen and oxygen atoms in total. The van der Waals surface area contributed by atoms with E-state index >= 15 is 0 Å². The molecule has 114 valence electrons. The standard InChI is InChI=1S/C19H32O/c1-13(12-20-6)15-8-9-17(2,3)19-10-7-14(11-19)18(4,5)16(15)19/h13-14H,7-12H2,1-6H3/t13-,14+,19+/m1/s1. The minimum absolute atomic E-state index is 0.424. The molecule has 3 aliphatic rings. The minimum atomic E-state index is 0.424. The van der Waals surface area contributed by atoms with E-state index in [2.05, 4.69) is 34.6 Å². The summed E-state index contributed by atoms with van der Waals surface area (Å²) in [6.45, 7) is 13.4. The molecule has 20 heavy (non-hydrogen) atoms. The van der Waals surface area contributed by atoms with Gasteiger partial charge in [0.05, 0.1) is 6.61 Å². The average molecular weight is 276 g/mol. The fourth-order valence-corrected chi connectivity index (χ4v) is 6.04. The monoisotopic (exact) mass is 276 g/mol. The summed E-state index contributed by atoms with van der Waals surface area (Å²) in [5.74, 6) is 1.52. The summed E-state index contributed by atoms with van der Waals surface area (Å²) in [6.07, 6.45) is 7.00. The maximum atomic E-state index is 5.47. The maximum Gasteiger partial charge on any atom is 0.0525 e. The van der Waals surface area contributed by atoms with Crippen molar-refractivity contribution < 1.29 is 4.74 Å². The quantitative estimate of drug-likeness (QED) is 0.643. The van der Waals surface area contributed by atoms with Gasteiger partial charge in [0.15, 0.2) is 0 Å². The van der Waals surface area contributed by atoms with Crippen LogP contribution in [0.2, 0.25) is 0 Å². The summed E-state index contributed by atoms with van der Waals surface area (Å²) in [4.78, 5) is 0. The molecule has 0 radical (unpaired) electrons. The van der Waals surface area contributed by atoms with Gasteiger partial charge in [-0.1, -0.05) is 45.8 Å². The summed E-state index contributed by atoms with van der Waals surface area (Å²) >= 11 is 0. The summed E-state index contributed by atoms with van der Waals surface area (Å²) in [5.41, 5.74) is 5.05. The predicted octanol–water partition coefficient (Wildman–Crippen LogP) is 5.21. The Hall–Kier alpha value is -0.300. The van der Waals surface area contributed by atoms with Gasteiger partial charge in [-0.2, -0.15) is 0 Å². The van der Waals surface area contributed by atoms with Crippen LogP contribution in [0.25, 0.3) is 0 Å². The molecule has 3 aliphatic carbocycles. The molecule has 0 saturated heterocycles. The van der Waals surface area contributed by atoms with E-state index in [0.717, 1.165) is 12.5 Å². The average Bonchev–Trinajstić information content (AvgIpc) is 2.87. The van der Waals surface area contributed by atoms with Gasteiger partial charge < -0.3 is 4.74 Å². The second kappa shape index (κ2) is 4.35. The van der Waals surface area contributed by atoms with E-state index in [1.807, 2.05) is 12.7 Å². The Balaban J connectivity index is 2.14. The van der Waals surface area contributed by atoms with E-state index in [-0.39, 0.29) is 0 Å². The van der Waals surface area contributed by atoms with Crippen LogP contribution in [0.1, 0.15) is 66.7 Å². The molecule has 2 bridgehead atoms. The van der Waals surface area contributed by atoms with Gasteiger partial charge in [-0.05, 0) is 54.3 Å². The molecule has 0 aromatic carbocycles. The van der Waals surface area contributed by atoms with Crippen molar-refractivity contribution in [2.75, 3.05) is 13.7 Å². The molecule has 3 rings (SSSR count). The SMILES string of the molecule is COC[C@@H](C)C1=C2C(C)(C)[C@H]3CC[C@@]2(C3)C(C)(C)CC1. The summed E-state index contributed by atoms with van der Waals surface area (Å²) in [6, 6.07) is 0. The number of allylic oxidation sites excluding steroid dienone is 1. The third kappa shape index (κ3) is 1.65.